The second kappa shape index (κ2) is 6.53. The summed E-state index contributed by atoms with van der Waals surface area (Å²) in [5, 5.41) is 21.0. The van der Waals surface area contributed by atoms with Crippen LogP contribution in [0.1, 0.15) is 12.0 Å². The normalized spacial score (nSPS) is 9.89. The monoisotopic (exact) mass is 253 g/mol. The first-order valence-electron chi connectivity index (χ1n) is 6.15. The number of pyridine rings is 1. The fourth-order valence-electron chi connectivity index (χ4n) is 1.77. The molecule has 0 aliphatic heterocycles. The van der Waals surface area contributed by atoms with Crippen LogP contribution in [0.2, 0.25) is 0 Å². The van der Waals surface area contributed by atoms with Gasteiger partial charge in [0.1, 0.15) is 11.9 Å². The van der Waals surface area contributed by atoms with Crippen molar-refractivity contribution < 1.29 is 5.11 Å². The predicted octanol–water partition coefficient (Wildman–Crippen LogP) is 2.41. The lowest BCUT2D eigenvalue weighted by molar-refractivity contribution is 0.292. The number of nitrogens with zero attached hydrogens (tertiary/aromatic N) is 2. The van der Waals surface area contributed by atoms with Crippen molar-refractivity contribution in [2.75, 3.05) is 18.5 Å². The maximum absolute atomic E-state index is 9.17. The quantitative estimate of drug-likeness (QED) is 0.803. The van der Waals surface area contributed by atoms with Crippen LogP contribution >= 0.6 is 0 Å². The van der Waals surface area contributed by atoms with E-state index in [-0.39, 0.29) is 6.61 Å². The van der Waals surface area contributed by atoms with Gasteiger partial charge in [0.15, 0.2) is 0 Å². The number of rotatable bonds is 5. The topological polar surface area (TPSA) is 68.9 Å². The summed E-state index contributed by atoms with van der Waals surface area (Å²) >= 11 is 0. The summed E-state index contributed by atoms with van der Waals surface area (Å²) in [6.07, 6.45) is 2.38. The molecule has 0 radical (unpaired) electrons. The Hall–Kier alpha value is -2.38. The molecule has 19 heavy (non-hydrogen) atoms. The number of aliphatic hydroxyl groups is 1. The second-order valence-corrected chi connectivity index (χ2v) is 4.10. The van der Waals surface area contributed by atoms with Crippen molar-refractivity contribution in [3.8, 4) is 17.2 Å². The van der Waals surface area contributed by atoms with E-state index in [4.69, 9.17) is 10.4 Å². The Kier molecular flexibility index (Phi) is 4.49. The molecule has 0 aliphatic rings. The Morgan fingerprint density at radius 3 is 2.68 bits per heavy atom. The molecule has 1 heterocycles. The minimum absolute atomic E-state index is 0.122. The Bertz CT molecular complexity index is 576. The molecule has 1 aromatic heterocycles. The van der Waals surface area contributed by atoms with Crippen molar-refractivity contribution in [1.82, 2.24) is 4.98 Å². The highest BCUT2D eigenvalue weighted by atomic mass is 16.3. The van der Waals surface area contributed by atoms with E-state index in [1.165, 1.54) is 0 Å². The lowest BCUT2D eigenvalue weighted by atomic mass is 10.1. The molecular weight excluding hydrogens is 238 g/mol. The van der Waals surface area contributed by atoms with Crippen molar-refractivity contribution in [3.63, 3.8) is 0 Å². The highest BCUT2D eigenvalue weighted by molar-refractivity contribution is 5.67. The minimum atomic E-state index is 0.122. The molecule has 0 bridgehead atoms. The Morgan fingerprint density at radius 2 is 2.00 bits per heavy atom. The van der Waals surface area contributed by atoms with Crippen LogP contribution in [0.4, 0.5) is 5.82 Å². The Labute approximate surface area is 112 Å². The molecule has 0 fully saturated rings. The van der Waals surface area contributed by atoms with E-state index in [0.29, 0.717) is 24.3 Å². The van der Waals surface area contributed by atoms with Crippen molar-refractivity contribution in [1.29, 1.82) is 5.26 Å². The average Bonchev–Trinajstić information content (AvgIpc) is 2.48. The van der Waals surface area contributed by atoms with Gasteiger partial charge in [-0.05, 0) is 18.1 Å². The number of aliphatic hydroxyl groups excluding tert-OH is 1. The third-order valence-electron chi connectivity index (χ3n) is 2.74. The first-order chi connectivity index (χ1) is 9.35. The molecule has 2 rings (SSSR count). The third kappa shape index (κ3) is 3.30. The van der Waals surface area contributed by atoms with Crippen LogP contribution in [0.15, 0.2) is 42.6 Å². The standard InChI is InChI=1S/C15H15N3O/c16-10-13-9-14(12-5-2-1-3-6-12)11-18-15(13)17-7-4-8-19/h1-3,5-6,9,11,19H,4,7-8H2,(H,17,18). The maximum Gasteiger partial charge on any atom is 0.143 e. The third-order valence-corrected chi connectivity index (χ3v) is 2.74. The van der Waals surface area contributed by atoms with E-state index in [2.05, 4.69) is 16.4 Å². The summed E-state index contributed by atoms with van der Waals surface area (Å²) in [5.74, 6) is 0.565. The van der Waals surface area contributed by atoms with E-state index < -0.39 is 0 Å². The molecule has 0 saturated heterocycles. The average molecular weight is 253 g/mol. The Balaban J connectivity index is 2.24. The SMILES string of the molecule is N#Cc1cc(-c2ccccc2)cnc1NCCCO. The summed E-state index contributed by atoms with van der Waals surface area (Å²) in [7, 11) is 0. The van der Waals surface area contributed by atoms with Crippen molar-refractivity contribution in [2.24, 2.45) is 0 Å². The number of hydrogen-bond acceptors (Lipinski definition) is 4. The molecule has 96 valence electrons. The molecule has 4 nitrogen and oxygen atoms in total. The molecule has 0 aliphatic carbocycles. The largest absolute Gasteiger partial charge is 0.396 e. The molecule has 1 aromatic carbocycles. The van der Waals surface area contributed by atoms with E-state index >= 15 is 0 Å². The number of anilines is 1. The first kappa shape index (κ1) is 13.1. The van der Waals surface area contributed by atoms with Crippen LogP contribution in [0, 0.1) is 11.3 Å². The fourth-order valence-corrected chi connectivity index (χ4v) is 1.77. The maximum atomic E-state index is 9.17. The van der Waals surface area contributed by atoms with E-state index in [0.717, 1.165) is 11.1 Å². The van der Waals surface area contributed by atoms with Gasteiger partial charge in [-0.15, -0.1) is 0 Å². The number of hydrogen-bond donors (Lipinski definition) is 2. The number of aromatic nitrogens is 1. The van der Waals surface area contributed by atoms with Gasteiger partial charge in [0.2, 0.25) is 0 Å². The number of nitrogens with one attached hydrogen (secondary N) is 1. The van der Waals surface area contributed by atoms with Crippen LogP contribution < -0.4 is 5.32 Å². The lowest BCUT2D eigenvalue weighted by Crippen LogP contribution is -2.06. The van der Waals surface area contributed by atoms with Gasteiger partial charge in [-0.1, -0.05) is 30.3 Å². The van der Waals surface area contributed by atoms with Crippen LogP contribution in [0.3, 0.4) is 0 Å². The van der Waals surface area contributed by atoms with E-state index in [1.807, 2.05) is 36.4 Å². The molecule has 0 atom stereocenters. The van der Waals surface area contributed by atoms with Gasteiger partial charge in [0, 0.05) is 24.9 Å². The summed E-state index contributed by atoms with van der Waals surface area (Å²) in [6.45, 7) is 0.722. The Morgan fingerprint density at radius 1 is 1.21 bits per heavy atom. The van der Waals surface area contributed by atoms with Gasteiger partial charge >= 0.3 is 0 Å². The number of nitriles is 1. The summed E-state index contributed by atoms with van der Waals surface area (Å²) in [6, 6.07) is 13.8. The molecule has 0 unspecified atom stereocenters. The summed E-state index contributed by atoms with van der Waals surface area (Å²) in [5.41, 5.74) is 2.47. The molecular formula is C15H15N3O. The smallest absolute Gasteiger partial charge is 0.143 e. The van der Waals surface area contributed by atoms with Gasteiger partial charge in [0.05, 0.1) is 5.56 Å². The first-order valence-corrected chi connectivity index (χ1v) is 6.15. The van der Waals surface area contributed by atoms with Gasteiger partial charge in [-0.2, -0.15) is 5.26 Å². The zero-order chi connectivity index (χ0) is 13.5. The van der Waals surface area contributed by atoms with Crippen molar-refractivity contribution in [3.05, 3.63) is 48.2 Å². The molecule has 2 N–H and O–H groups in total. The zero-order valence-electron chi connectivity index (χ0n) is 10.5. The molecule has 4 heteroatoms. The highest BCUT2D eigenvalue weighted by Gasteiger charge is 2.06. The summed E-state index contributed by atoms with van der Waals surface area (Å²) < 4.78 is 0. The zero-order valence-corrected chi connectivity index (χ0v) is 10.5. The molecule has 0 amide bonds. The van der Waals surface area contributed by atoms with Gasteiger partial charge in [0.25, 0.3) is 0 Å². The molecule has 2 aromatic rings. The van der Waals surface area contributed by atoms with E-state index in [1.54, 1.807) is 6.20 Å². The van der Waals surface area contributed by atoms with Crippen LogP contribution in [0.5, 0.6) is 0 Å². The van der Waals surface area contributed by atoms with Crippen LogP contribution in [-0.2, 0) is 0 Å². The predicted molar refractivity (Wildman–Crippen MR) is 74.6 cm³/mol. The summed E-state index contributed by atoms with van der Waals surface area (Å²) in [4.78, 5) is 4.28. The van der Waals surface area contributed by atoms with Crippen molar-refractivity contribution >= 4 is 5.82 Å². The van der Waals surface area contributed by atoms with Gasteiger partial charge in [-0.3, -0.25) is 0 Å². The van der Waals surface area contributed by atoms with Gasteiger partial charge < -0.3 is 10.4 Å². The molecule has 0 spiro atoms. The lowest BCUT2D eigenvalue weighted by Gasteiger charge is -2.08. The number of benzene rings is 1. The van der Waals surface area contributed by atoms with Crippen LogP contribution in [0.25, 0.3) is 11.1 Å². The second-order valence-electron chi connectivity index (χ2n) is 4.10. The molecule has 0 saturated carbocycles. The van der Waals surface area contributed by atoms with E-state index in [9.17, 15) is 0 Å². The van der Waals surface area contributed by atoms with Crippen LogP contribution in [-0.4, -0.2) is 23.2 Å². The fraction of sp³-hybridized carbons (Fsp3) is 0.200. The van der Waals surface area contributed by atoms with Gasteiger partial charge in [-0.25, -0.2) is 4.98 Å². The van der Waals surface area contributed by atoms with Crippen molar-refractivity contribution in [2.45, 2.75) is 6.42 Å². The highest BCUT2D eigenvalue weighted by Crippen LogP contribution is 2.22. The minimum Gasteiger partial charge on any atom is -0.396 e.